The summed E-state index contributed by atoms with van der Waals surface area (Å²) in [7, 11) is 5.64. The van der Waals surface area contributed by atoms with E-state index >= 15 is 0 Å². The first-order chi connectivity index (χ1) is 18.2. The maximum Gasteiger partial charge on any atom is 0.210 e. The fourth-order valence-electron chi connectivity index (χ4n) is 6.40. The first-order valence-corrected chi connectivity index (χ1v) is 12.6. The molecule has 38 heavy (non-hydrogen) atoms. The van der Waals surface area contributed by atoms with Gasteiger partial charge in [0, 0.05) is 42.0 Å². The number of para-hydroxylation sites is 1. The average Bonchev–Trinajstić information content (AvgIpc) is 3.26. The second kappa shape index (κ2) is 7.91. The minimum Gasteiger partial charge on any atom is -0.495 e. The highest BCUT2D eigenvalue weighted by molar-refractivity contribution is 5.91. The lowest BCUT2D eigenvalue weighted by Gasteiger charge is -2.44. The lowest BCUT2D eigenvalue weighted by Crippen LogP contribution is -2.51. The molecule has 0 N–H and O–H groups in total. The van der Waals surface area contributed by atoms with Gasteiger partial charge in [-0.05, 0) is 41.5 Å². The van der Waals surface area contributed by atoms with Gasteiger partial charge in [0.25, 0.3) is 0 Å². The molecule has 1 aliphatic carbocycles. The van der Waals surface area contributed by atoms with Crippen molar-refractivity contribution in [2.24, 2.45) is 0 Å². The molecular weight excluding hydrogens is 472 g/mol. The van der Waals surface area contributed by atoms with Crippen molar-refractivity contribution in [1.82, 2.24) is 0 Å². The number of ether oxygens (including phenoxy) is 2. The molecule has 3 aromatic carbocycles. The molecule has 2 heterocycles. The van der Waals surface area contributed by atoms with Crippen LogP contribution in [0.15, 0.2) is 94.4 Å². The predicted molar refractivity (Wildman–Crippen MR) is 149 cm³/mol. The number of methoxy groups -OCH3 is 1. The fourth-order valence-corrected chi connectivity index (χ4v) is 6.40. The number of anilines is 2. The summed E-state index contributed by atoms with van der Waals surface area (Å²) in [6.45, 7) is 6.30. The standard InChI is InChI=1S/C32H28N4O2/c1-31(2)22-13-9-10-14-23(22)35(4)30(31)27-26(21(17-33)18-34)28(29(27)37-6)32(3)36(5)24-15-19-11-7-8-12-20(19)16-25(24)38-32/h7-16H,1-6H3/b30-27-. The van der Waals surface area contributed by atoms with Crippen molar-refractivity contribution in [3.05, 3.63) is 100.0 Å². The van der Waals surface area contributed by atoms with E-state index in [-0.39, 0.29) is 11.0 Å². The Hall–Kier alpha value is -4.68. The highest BCUT2D eigenvalue weighted by atomic mass is 16.5. The molecule has 0 bridgehead atoms. The molecule has 3 aromatic rings. The Labute approximate surface area is 222 Å². The lowest BCUT2D eigenvalue weighted by molar-refractivity contribution is 0.142. The van der Waals surface area contributed by atoms with Gasteiger partial charge in [0.2, 0.25) is 5.72 Å². The first kappa shape index (κ1) is 23.7. The molecule has 6 nitrogen and oxygen atoms in total. The van der Waals surface area contributed by atoms with E-state index in [0.29, 0.717) is 16.9 Å². The van der Waals surface area contributed by atoms with Crippen molar-refractivity contribution in [1.29, 1.82) is 10.5 Å². The minimum absolute atomic E-state index is 0.0443. The van der Waals surface area contributed by atoms with Gasteiger partial charge in [0.1, 0.15) is 29.2 Å². The summed E-state index contributed by atoms with van der Waals surface area (Å²) in [6.07, 6.45) is 0. The van der Waals surface area contributed by atoms with Crippen molar-refractivity contribution >= 4 is 22.1 Å². The van der Waals surface area contributed by atoms with Crippen molar-refractivity contribution in [3.63, 3.8) is 0 Å². The van der Waals surface area contributed by atoms with Crippen LogP contribution in [0.3, 0.4) is 0 Å². The number of benzene rings is 3. The highest BCUT2D eigenvalue weighted by Crippen LogP contribution is 2.59. The van der Waals surface area contributed by atoms with Crippen molar-refractivity contribution in [3.8, 4) is 17.9 Å². The van der Waals surface area contributed by atoms with E-state index in [0.717, 1.165) is 39.2 Å². The van der Waals surface area contributed by atoms with Gasteiger partial charge in [0.15, 0.2) is 0 Å². The molecule has 0 spiro atoms. The monoisotopic (exact) mass is 500 g/mol. The molecule has 188 valence electrons. The molecule has 6 heteroatoms. The molecule has 2 aliphatic heterocycles. The normalized spacial score (nSPS) is 22.9. The number of nitrogens with zero attached hydrogens (tertiary/aromatic N) is 4. The largest absolute Gasteiger partial charge is 0.495 e. The molecule has 1 atom stereocenters. The van der Waals surface area contributed by atoms with Gasteiger partial charge in [-0.1, -0.05) is 56.3 Å². The summed E-state index contributed by atoms with van der Waals surface area (Å²) >= 11 is 0. The van der Waals surface area contributed by atoms with Gasteiger partial charge >= 0.3 is 0 Å². The van der Waals surface area contributed by atoms with Crippen LogP contribution in [-0.4, -0.2) is 26.9 Å². The zero-order valence-electron chi connectivity index (χ0n) is 22.4. The minimum atomic E-state index is -0.989. The fraction of sp³-hybridized carbons (Fsp3) is 0.250. The van der Waals surface area contributed by atoms with E-state index in [1.165, 1.54) is 5.56 Å². The molecule has 0 aromatic heterocycles. The molecule has 6 rings (SSSR count). The Morgan fingerprint density at radius 1 is 0.895 bits per heavy atom. The molecule has 0 fully saturated rings. The van der Waals surface area contributed by atoms with Crippen LogP contribution in [-0.2, 0) is 10.2 Å². The lowest BCUT2D eigenvalue weighted by atomic mass is 9.70. The smallest absolute Gasteiger partial charge is 0.210 e. The Morgan fingerprint density at radius 3 is 2.16 bits per heavy atom. The quantitative estimate of drug-likeness (QED) is 0.383. The second-order valence-corrected chi connectivity index (χ2v) is 10.6. The van der Waals surface area contributed by atoms with Crippen LogP contribution < -0.4 is 14.5 Å². The maximum atomic E-state index is 10.1. The van der Waals surface area contributed by atoms with Gasteiger partial charge in [-0.25, -0.2) is 0 Å². The molecule has 0 radical (unpaired) electrons. The average molecular weight is 501 g/mol. The van der Waals surface area contributed by atoms with E-state index < -0.39 is 5.72 Å². The van der Waals surface area contributed by atoms with Gasteiger partial charge in [-0.2, -0.15) is 10.5 Å². The van der Waals surface area contributed by atoms with Crippen LogP contribution in [0.5, 0.6) is 5.75 Å². The molecule has 0 amide bonds. The van der Waals surface area contributed by atoms with Gasteiger partial charge < -0.3 is 19.3 Å². The van der Waals surface area contributed by atoms with Crippen molar-refractivity contribution in [2.45, 2.75) is 31.9 Å². The maximum absolute atomic E-state index is 10.1. The molecular formula is C32H28N4O2. The number of allylic oxidation sites excluding steroid dienone is 3. The van der Waals surface area contributed by atoms with Crippen LogP contribution >= 0.6 is 0 Å². The molecule has 0 saturated heterocycles. The summed E-state index contributed by atoms with van der Waals surface area (Å²) in [5.41, 5.74) is 4.96. The summed E-state index contributed by atoms with van der Waals surface area (Å²) in [6, 6.07) is 24.9. The van der Waals surface area contributed by atoms with E-state index in [1.54, 1.807) is 7.11 Å². The van der Waals surface area contributed by atoms with Crippen LogP contribution in [0.2, 0.25) is 0 Å². The topological polar surface area (TPSA) is 72.5 Å². The number of nitriles is 2. The van der Waals surface area contributed by atoms with Crippen molar-refractivity contribution < 1.29 is 9.47 Å². The summed E-state index contributed by atoms with van der Waals surface area (Å²) in [5, 5.41) is 22.4. The summed E-state index contributed by atoms with van der Waals surface area (Å²) < 4.78 is 12.7. The highest BCUT2D eigenvalue weighted by Gasteiger charge is 2.55. The number of hydrogen-bond acceptors (Lipinski definition) is 6. The third-order valence-corrected chi connectivity index (χ3v) is 8.34. The van der Waals surface area contributed by atoms with Gasteiger partial charge in [-0.3, -0.25) is 0 Å². The van der Waals surface area contributed by atoms with E-state index in [1.807, 2.05) is 51.4 Å². The number of hydrogen-bond donors (Lipinski definition) is 0. The van der Waals surface area contributed by atoms with Crippen LogP contribution in [0.4, 0.5) is 11.4 Å². The Morgan fingerprint density at radius 2 is 1.53 bits per heavy atom. The summed E-state index contributed by atoms with van der Waals surface area (Å²) in [5.74, 6) is 1.38. The van der Waals surface area contributed by atoms with E-state index in [9.17, 15) is 10.5 Å². The molecule has 0 saturated carbocycles. The molecule has 3 aliphatic rings. The predicted octanol–water partition coefficient (Wildman–Crippen LogP) is 6.32. The number of likely N-dealkylation sites (N-methyl/N-ethyl adjacent to an activating group) is 2. The van der Waals surface area contributed by atoms with Crippen LogP contribution in [0.25, 0.3) is 10.8 Å². The van der Waals surface area contributed by atoms with E-state index in [4.69, 9.17) is 9.47 Å². The third kappa shape index (κ3) is 2.86. The zero-order valence-corrected chi connectivity index (χ0v) is 22.4. The second-order valence-electron chi connectivity index (χ2n) is 10.6. The number of fused-ring (bicyclic) bond motifs is 3. The molecule has 1 unspecified atom stereocenters. The Bertz CT molecular complexity index is 1710. The number of rotatable bonds is 2. The van der Waals surface area contributed by atoms with Crippen LogP contribution in [0.1, 0.15) is 26.3 Å². The van der Waals surface area contributed by atoms with Crippen LogP contribution in [0, 0.1) is 22.7 Å². The van der Waals surface area contributed by atoms with Gasteiger partial charge in [0.05, 0.1) is 18.4 Å². The zero-order chi connectivity index (χ0) is 27.0. The van der Waals surface area contributed by atoms with Gasteiger partial charge in [-0.15, -0.1) is 0 Å². The Kier molecular flexibility index (Phi) is 4.93. The van der Waals surface area contributed by atoms with Crippen molar-refractivity contribution in [2.75, 3.05) is 31.0 Å². The summed E-state index contributed by atoms with van der Waals surface area (Å²) in [4.78, 5) is 4.21. The third-order valence-electron chi connectivity index (χ3n) is 8.34. The first-order valence-electron chi connectivity index (χ1n) is 12.6. The SMILES string of the molecule is COC1=C(C2(C)Oc3cc4ccccc4cc3N2C)C(=C(C#N)C#N)/C1=C1/N(C)c2ccccc2C1(C)C. The van der Waals surface area contributed by atoms with E-state index in [2.05, 4.69) is 66.1 Å². The Balaban J connectivity index is 1.61.